The van der Waals surface area contributed by atoms with Gasteiger partial charge in [0.25, 0.3) is 0 Å². The van der Waals surface area contributed by atoms with Crippen molar-refractivity contribution in [3.8, 4) is 5.75 Å². The predicted molar refractivity (Wildman–Crippen MR) is 91.4 cm³/mol. The van der Waals surface area contributed by atoms with Crippen LogP contribution in [0, 0.1) is 0 Å². The number of hydrogen-bond acceptors (Lipinski definition) is 3. The summed E-state index contributed by atoms with van der Waals surface area (Å²) in [5.41, 5.74) is 0.149. The number of nitrogens with one attached hydrogen (secondary N) is 1. The highest BCUT2D eigenvalue weighted by atomic mass is 19.4. The molecule has 1 amide bonds. The summed E-state index contributed by atoms with van der Waals surface area (Å²) in [7, 11) is 1.46. The molecule has 0 aliphatic heterocycles. The molecule has 0 saturated heterocycles. The van der Waals surface area contributed by atoms with Crippen molar-refractivity contribution in [2.45, 2.75) is 25.1 Å². The number of alkyl halides is 3. The molecule has 1 atom stereocenters. The number of carboxylic acids is 1. The smallest absolute Gasteiger partial charge is 0.416 e. The van der Waals surface area contributed by atoms with Crippen molar-refractivity contribution < 1.29 is 32.6 Å². The van der Waals surface area contributed by atoms with Crippen LogP contribution in [0.15, 0.2) is 48.5 Å². The normalized spacial score (nSPS) is 12.3. The van der Waals surface area contributed by atoms with Crippen molar-refractivity contribution >= 4 is 11.9 Å². The Morgan fingerprint density at radius 3 is 2.30 bits per heavy atom. The molecule has 2 N–H and O–H groups in total. The van der Waals surface area contributed by atoms with Crippen LogP contribution in [0.2, 0.25) is 0 Å². The number of ether oxygens (including phenoxy) is 1. The Morgan fingerprint density at radius 2 is 1.74 bits per heavy atom. The quantitative estimate of drug-likeness (QED) is 0.773. The van der Waals surface area contributed by atoms with E-state index in [1.165, 1.54) is 19.2 Å². The highest BCUT2D eigenvalue weighted by Gasteiger charge is 2.30. The van der Waals surface area contributed by atoms with Gasteiger partial charge in [0.05, 0.1) is 19.1 Å². The third-order valence-corrected chi connectivity index (χ3v) is 3.90. The van der Waals surface area contributed by atoms with Crippen LogP contribution in [0.25, 0.3) is 0 Å². The fraction of sp³-hybridized carbons (Fsp3) is 0.263. The Hall–Kier alpha value is -3.03. The molecule has 144 valence electrons. The summed E-state index contributed by atoms with van der Waals surface area (Å²) in [4.78, 5) is 23.6. The maximum Gasteiger partial charge on any atom is 0.416 e. The van der Waals surface area contributed by atoms with Crippen molar-refractivity contribution in [2.24, 2.45) is 0 Å². The van der Waals surface area contributed by atoms with Crippen molar-refractivity contribution in [3.63, 3.8) is 0 Å². The van der Waals surface area contributed by atoms with E-state index in [-0.39, 0.29) is 12.8 Å². The van der Waals surface area contributed by atoms with E-state index < -0.39 is 29.7 Å². The second kappa shape index (κ2) is 8.57. The van der Waals surface area contributed by atoms with Gasteiger partial charge in [-0.1, -0.05) is 30.3 Å². The van der Waals surface area contributed by atoms with Crippen LogP contribution in [-0.4, -0.2) is 30.1 Å². The number of para-hydroxylation sites is 1. The molecule has 8 heteroatoms. The fourth-order valence-corrected chi connectivity index (χ4v) is 2.53. The average molecular weight is 381 g/mol. The number of rotatable bonds is 7. The summed E-state index contributed by atoms with van der Waals surface area (Å²) in [5, 5.41) is 11.8. The summed E-state index contributed by atoms with van der Waals surface area (Å²) >= 11 is 0. The third-order valence-electron chi connectivity index (χ3n) is 3.90. The molecule has 5 nitrogen and oxygen atoms in total. The van der Waals surface area contributed by atoms with Crippen molar-refractivity contribution in [1.29, 1.82) is 0 Å². The maximum atomic E-state index is 12.6. The number of amides is 1. The summed E-state index contributed by atoms with van der Waals surface area (Å²) in [6, 6.07) is 9.79. The van der Waals surface area contributed by atoms with E-state index in [2.05, 4.69) is 5.32 Å². The lowest BCUT2D eigenvalue weighted by molar-refractivity contribution is -0.141. The van der Waals surface area contributed by atoms with Crippen LogP contribution in [0.3, 0.4) is 0 Å². The van der Waals surface area contributed by atoms with Gasteiger partial charge in [-0.2, -0.15) is 13.2 Å². The van der Waals surface area contributed by atoms with Gasteiger partial charge in [-0.05, 0) is 29.3 Å². The number of methoxy groups -OCH3 is 1. The monoisotopic (exact) mass is 381 g/mol. The zero-order valence-electron chi connectivity index (χ0n) is 14.4. The van der Waals surface area contributed by atoms with Gasteiger partial charge in [0.2, 0.25) is 5.91 Å². The molecular formula is C19H18F3NO4. The van der Waals surface area contributed by atoms with Crippen LogP contribution in [-0.2, 0) is 28.6 Å². The number of carboxylic acid groups (broad SMARTS) is 1. The van der Waals surface area contributed by atoms with Gasteiger partial charge in [0, 0.05) is 6.42 Å². The molecule has 27 heavy (non-hydrogen) atoms. The van der Waals surface area contributed by atoms with E-state index in [9.17, 15) is 27.9 Å². The fourth-order valence-electron chi connectivity index (χ4n) is 2.53. The van der Waals surface area contributed by atoms with Gasteiger partial charge in [-0.15, -0.1) is 0 Å². The van der Waals surface area contributed by atoms with E-state index in [0.717, 1.165) is 12.1 Å². The second-order valence-corrected chi connectivity index (χ2v) is 5.85. The summed E-state index contributed by atoms with van der Waals surface area (Å²) < 4.78 is 42.8. The summed E-state index contributed by atoms with van der Waals surface area (Å²) in [5.74, 6) is -1.32. The van der Waals surface area contributed by atoms with Crippen LogP contribution >= 0.6 is 0 Å². The van der Waals surface area contributed by atoms with Crippen LogP contribution in [0.4, 0.5) is 13.2 Å². The zero-order valence-corrected chi connectivity index (χ0v) is 14.4. The molecule has 0 aliphatic carbocycles. The van der Waals surface area contributed by atoms with Gasteiger partial charge in [0.15, 0.2) is 0 Å². The Bertz CT molecular complexity index is 803. The van der Waals surface area contributed by atoms with E-state index in [1.807, 2.05) is 0 Å². The molecule has 0 spiro atoms. The zero-order chi connectivity index (χ0) is 20.0. The minimum Gasteiger partial charge on any atom is -0.496 e. The lowest BCUT2D eigenvalue weighted by atomic mass is 10.0. The first-order chi connectivity index (χ1) is 12.7. The number of aliphatic carboxylic acids is 1. The number of hydrogen-bond donors (Lipinski definition) is 2. The minimum absolute atomic E-state index is 0.0120. The number of halogens is 3. The lowest BCUT2D eigenvalue weighted by Crippen LogP contribution is -2.43. The Balaban J connectivity index is 2.03. The van der Waals surface area contributed by atoms with E-state index >= 15 is 0 Å². The van der Waals surface area contributed by atoms with Crippen molar-refractivity contribution in [3.05, 3.63) is 65.2 Å². The molecule has 2 aromatic carbocycles. The largest absolute Gasteiger partial charge is 0.496 e. The van der Waals surface area contributed by atoms with Gasteiger partial charge >= 0.3 is 12.1 Å². The van der Waals surface area contributed by atoms with Crippen LogP contribution in [0.5, 0.6) is 5.75 Å². The first kappa shape index (κ1) is 20.3. The number of carbonyl (C=O) groups excluding carboxylic acids is 1. The minimum atomic E-state index is -4.45. The molecule has 0 aliphatic rings. The Kier molecular flexibility index (Phi) is 6.44. The first-order valence-electron chi connectivity index (χ1n) is 8.01. The standard InChI is InChI=1S/C19H18F3NO4/c1-27-16-5-3-2-4-13(16)11-15(18(25)26)23-17(24)10-12-6-8-14(9-7-12)19(20,21)22/h2-9,15H,10-11H2,1H3,(H,23,24)(H,25,26)/t15-/m0/s1. The number of carbonyl (C=O) groups is 2. The molecule has 2 rings (SSSR count). The first-order valence-corrected chi connectivity index (χ1v) is 8.01. The molecule has 0 unspecified atom stereocenters. The van der Waals surface area contributed by atoms with Crippen LogP contribution in [0.1, 0.15) is 16.7 Å². The molecular weight excluding hydrogens is 363 g/mol. The third kappa shape index (κ3) is 5.73. The Morgan fingerprint density at radius 1 is 1.11 bits per heavy atom. The van der Waals surface area contributed by atoms with Crippen LogP contribution < -0.4 is 10.1 Å². The van der Waals surface area contributed by atoms with Gasteiger partial charge in [-0.25, -0.2) is 4.79 Å². The summed E-state index contributed by atoms with van der Waals surface area (Å²) in [6.45, 7) is 0. The topological polar surface area (TPSA) is 75.6 Å². The van der Waals surface area contributed by atoms with Gasteiger partial charge in [0.1, 0.15) is 11.8 Å². The molecule has 0 bridgehead atoms. The number of benzene rings is 2. The van der Waals surface area contributed by atoms with E-state index in [4.69, 9.17) is 4.74 Å². The van der Waals surface area contributed by atoms with Crippen molar-refractivity contribution in [2.75, 3.05) is 7.11 Å². The molecule has 0 aromatic heterocycles. The lowest BCUT2D eigenvalue weighted by Gasteiger charge is -2.16. The maximum absolute atomic E-state index is 12.6. The highest BCUT2D eigenvalue weighted by molar-refractivity contribution is 5.85. The van der Waals surface area contributed by atoms with Gasteiger partial charge in [-0.3, -0.25) is 4.79 Å². The summed E-state index contributed by atoms with van der Waals surface area (Å²) in [6.07, 6.45) is -4.67. The molecule has 0 saturated carbocycles. The highest BCUT2D eigenvalue weighted by Crippen LogP contribution is 2.29. The molecule has 0 fully saturated rings. The molecule has 0 radical (unpaired) electrons. The van der Waals surface area contributed by atoms with E-state index in [0.29, 0.717) is 16.9 Å². The van der Waals surface area contributed by atoms with Gasteiger partial charge < -0.3 is 15.2 Å². The van der Waals surface area contributed by atoms with Crippen molar-refractivity contribution in [1.82, 2.24) is 5.32 Å². The second-order valence-electron chi connectivity index (χ2n) is 5.85. The molecule has 2 aromatic rings. The average Bonchev–Trinajstić information content (AvgIpc) is 2.61. The SMILES string of the molecule is COc1ccccc1C[C@H](NC(=O)Cc1ccc(C(F)(F)F)cc1)C(=O)O. The molecule has 0 heterocycles. The Labute approximate surface area is 153 Å². The predicted octanol–water partition coefficient (Wildman–Crippen LogP) is 3.07. The van der Waals surface area contributed by atoms with E-state index in [1.54, 1.807) is 24.3 Å².